The van der Waals surface area contributed by atoms with Gasteiger partial charge < -0.3 is 9.47 Å². The molecular weight excluding hydrogens is 518 g/mol. The van der Waals surface area contributed by atoms with Crippen molar-refractivity contribution in [1.29, 1.82) is 0 Å². The minimum Gasteiger partial charge on any atom is -0.497 e. The van der Waals surface area contributed by atoms with Crippen molar-refractivity contribution in [3.63, 3.8) is 0 Å². The fourth-order valence-corrected chi connectivity index (χ4v) is 6.93. The van der Waals surface area contributed by atoms with Gasteiger partial charge in [-0.2, -0.15) is 0 Å². The number of pyridine rings is 1. The van der Waals surface area contributed by atoms with Gasteiger partial charge in [0.2, 0.25) is 14.7 Å². The lowest BCUT2D eigenvalue weighted by atomic mass is 9.81. The normalized spacial score (nSPS) is 19.3. The number of hydrogen-bond acceptors (Lipinski definition) is 8. The molecule has 1 heterocycles. The summed E-state index contributed by atoms with van der Waals surface area (Å²) in [6.45, 7) is 2.91. The van der Waals surface area contributed by atoms with E-state index >= 15 is 0 Å². The summed E-state index contributed by atoms with van der Waals surface area (Å²) in [4.78, 5) is 15.2. The summed E-state index contributed by atoms with van der Waals surface area (Å²) in [5.74, 6) is -1.09. The highest BCUT2D eigenvalue weighted by Gasteiger charge is 2.57. The number of hydroxylamine groups is 1. The van der Waals surface area contributed by atoms with Crippen molar-refractivity contribution in [2.75, 3.05) is 13.7 Å². The average molecular weight is 556 g/mol. The Morgan fingerprint density at radius 2 is 1.73 bits per heavy atom. The number of carbonyl (C=O) groups excluding carboxylic acids is 1. The van der Waals surface area contributed by atoms with Gasteiger partial charge in [-0.3, -0.25) is 20.3 Å². The van der Waals surface area contributed by atoms with E-state index in [0.717, 1.165) is 24.8 Å². The Morgan fingerprint density at radius 3 is 2.30 bits per heavy atom. The van der Waals surface area contributed by atoms with Crippen LogP contribution in [0.15, 0.2) is 53.7 Å². The lowest BCUT2D eigenvalue weighted by Crippen LogP contribution is -2.66. The molecule has 1 atom stereocenters. The standard InChI is InChI=1S/C26H37N3O6S.ClH/c1-3-4-5-18-35-23-8-6-21(7-9-23)26(25(30)29-31,28-19-20-14-16-27-17-15-20)36(32,33)24-12-10-22(34-2)11-13-24;/h10-17,21,23,28,31H,3-9,18-19H2,1-2H3,(H,29,30);1H/t21-,23-,26-;/m1./s1. The molecule has 3 N–H and O–H groups in total. The highest BCUT2D eigenvalue weighted by Crippen LogP contribution is 2.41. The van der Waals surface area contributed by atoms with Crippen molar-refractivity contribution in [2.45, 2.75) is 74.3 Å². The summed E-state index contributed by atoms with van der Waals surface area (Å²) in [5, 5.41) is 12.8. The van der Waals surface area contributed by atoms with E-state index in [4.69, 9.17) is 9.47 Å². The Morgan fingerprint density at radius 1 is 1.08 bits per heavy atom. The molecule has 1 amide bonds. The lowest BCUT2D eigenvalue weighted by Gasteiger charge is -2.42. The second-order valence-corrected chi connectivity index (χ2v) is 11.2. The van der Waals surface area contributed by atoms with Crippen LogP contribution in [0.25, 0.3) is 0 Å². The summed E-state index contributed by atoms with van der Waals surface area (Å²) < 4.78 is 39.5. The predicted octanol–water partition coefficient (Wildman–Crippen LogP) is 4.04. The number of unbranched alkanes of at least 4 members (excludes halogenated alkanes) is 2. The van der Waals surface area contributed by atoms with Crippen LogP contribution in [-0.4, -0.2) is 49.2 Å². The van der Waals surface area contributed by atoms with Crippen molar-refractivity contribution in [3.05, 3.63) is 54.4 Å². The first-order valence-corrected chi connectivity index (χ1v) is 14.0. The van der Waals surface area contributed by atoms with Crippen molar-refractivity contribution in [1.82, 2.24) is 15.8 Å². The van der Waals surface area contributed by atoms with Gasteiger partial charge in [0.25, 0.3) is 5.91 Å². The molecule has 1 aliphatic carbocycles. The zero-order valence-electron chi connectivity index (χ0n) is 21.4. The number of methoxy groups -OCH3 is 1. The molecule has 11 heteroatoms. The third-order valence-corrected chi connectivity index (χ3v) is 9.29. The number of ether oxygens (including phenoxy) is 2. The number of aromatic nitrogens is 1. The van der Waals surface area contributed by atoms with Crippen LogP contribution >= 0.6 is 12.4 Å². The molecule has 1 fully saturated rings. The fraction of sp³-hybridized carbons (Fsp3) is 0.538. The molecule has 0 radical (unpaired) electrons. The van der Waals surface area contributed by atoms with Gasteiger partial charge in [0.05, 0.1) is 18.1 Å². The minimum atomic E-state index is -4.31. The molecule has 0 bridgehead atoms. The van der Waals surface area contributed by atoms with Crippen LogP contribution in [0.3, 0.4) is 0 Å². The predicted molar refractivity (Wildman–Crippen MR) is 142 cm³/mol. The molecule has 1 aromatic carbocycles. The van der Waals surface area contributed by atoms with Gasteiger partial charge in [0.15, 0.2) is 0 Å². The van der Waals surface area contributed by atoms with Crippen LogP contribution in [0, 0.1) is 5.92 Å². The molecule has 1 saturated carbocycles. The summed E-state index contributed by atoms with van der Waals surface area (Å²) in [6.07, 6.45) is 8.60. The van der Waals surface area contributed by atoms with Crippen molar-refractivity contribution < 1.29 is 27.9 Å². The molecule has 0 spiro atoms. The number of amides is 1. The zero-order chi connectivity index (χ0) is 26.0. The topological polar surface area (TPSA) is 127 Å². The van der Waals surface area contributed by atoms with Gasteiger partial charge in [-0.1, -0.05) is 19.8 Å². The van der Waals surface area contributed by atoms with Crippen LogP contribution in [-0.2, 0) is 25.9 Å². The first kappa shape index (κ1) is 31.0. The molecule has 0 aliphatic heterocycles. The Hall–Kier alpha value is -2.24. The average Bonchev–Trinajstić information content (AvgIpc) is 2.92. The quantitative estimate of drug-likeness (QED) is 0.192. The first-order valence-electron chi connectivity index (χ1n) is 12.5. The smallest absolute Gasteiger partial charge is 0.280 e. The fourth-order valence-electron chi connectivity index (χ4n) is 4.84. The monoisotopic (exact) mass is 555 g/mol. The molecule has 1 aromatic heterocycles. The Kier molecular flexibility index (Phi) is 12.3. The molecular formula is C26H38ClN3O6S. The van der Waals surface area contributed by atoms with E-state index in [1.165, 1.54) is 19.2 Å². The van der Waals surface area contributed by atoms with Crippen molar-refractivity contribution in [2.24, 2.45) is 5.92 Å². The molecule has 0 saturated heterocycles. The Bertz CT molecular complexity index is 1060. The number of sulfone groups is 1. The van der Waals surface area contributed by atoms with Gasteiger partial charge >= 0.3 is 0 Å². The van der Waals surface area contributed by atoms with Gasteiger partial charge in [0, 0.05) is 31.5 Å². The number of nitrogens with zero attached hydrogens (tertiary/aromatic N) is 1. The molecule has 1 aliphatic rings. The maximum Gasteiger partial charge on any atom is 0.280 e. The largest absolute Gasteiger partial charge is 0.497 e. The summed E-state index contributed by atoms with van der Waals surface area (Å²) in [6, 6.07) is 9.41. The van der Waals surface area contributed by atoms with E-state index in [-0.39, 0.29) is 30.0 Å². The highest BCUT2D eigenvalue weighted by molar-refractivity contribution is 7.93. The Labute approximate surface area is 225 Å². The van der Waals surface area contributed by atoms with Crippen LogP contribution in [0.4, 0.5) is 0 Å². The van der Waals surface area contributed by atoms with E-state index in [1.807, 2.05) is 0 Å². The van der Waals surface area contributed by atoms with Crippen LogP contribution in [0.2, 0.25) is 0 Å². The van der Waals surface area contributed by atoms with Crippen LogP contribution in [0.1, 0.15) is 57.4 Å². The molecule has 2 aromatic rings. The second-order valence-electron chi connectivity index (χ2n) is 9.12. The number of nitrogens with one attached hydrogen (secondary N) is 2. The lowest BCUT2D eigenvalue weighted by molar-refractivity contribution is -0.135. The number of halogens is 1. The summed E-state index contributed by atoms with van der Waals surface area (Å²) in [5.41, 5.74) is 2.41. The van der Waals surface area contributed by atoms with E-state index < -0.39 is 26.5 Å². The van der Waals surface area contributed by atoms with Crippen LogP contribution in [0.5, 0.6) is 5.75 Å². The highest BCUT2D eigenvalue weighted by atomic mass is 35.5. The van der Waals surface area contributed by atoms with Gasteiger partial charge in [-0.25, -0.2) is 13.9 Å². The maximum atomic E-state index is 14.2. The number of rotatable bonds is 13. The second kappa shape index (κ2) is 14.6. The van der Waals surface area contributed by atoms with Gasteiger partial charge in [-0.05, 0) is 74.1 Å². The van der Waals surface area contributed by atoms with E-state index in [9.17, 15) is 18.4 Å². The molecule has 206 valence electrons. The third kappa shape index (κ3) is 7.20. The van der Waals surface area contributed by atoms with E-state index in [0.29, 0.717) is 38.0 Å². The molecule has 9 nitrogen and oxygen atoms in total. The third-order valence-electron chi connectivity index (χ3n) is 6.89. The minimum absolute atomic E-state index is 0. The van der Waals surface area contributed by atoms with E-state index in [1.54, 1.807) is 42.1 Å². The SMILES string of the molecule is CCCCCO[C@H]1CC[C@H]([C@](NCc2ccncc2)(C(=O)NO)S(=O)(=O)c2ccc(OC)cc2)CC1.Cl. The van der Waals surface area contributed by atoms with Crippen molar-refractivity contribution in [3.8, 4) is 5.75 Å². The van der Waals surface area contributed by atoms with Crippen molar-refractivity contribution >= 4 is 28.2 Å². The molecule has 3 rings (SSSR count). The number of hydrogen-bond donors (Lipinski definition) is 3. The summed E-state index contributed by atoms with van der Waals surface area (Å²) >= 11 is 0. The van der Waals surface area contributed by atoms with Gasteiger partial charge in [0.1, 0.15) is 5.75 Å². The molecule has 37 heavy (non-hydrogen) atoms. The number of carbonyl (C=O) groups is 1. The Balaban J connectivity index is 0.00000481. The van der Waals surface area contributed by atoms with E-state index in [2.05, 4.69) is 17.2 Å². The van der Waals surface area contributed by atoms with Gasteiger partial charge in [-0.15, -0.1) is 12.4 Å². The molecule has 0 unspecified atom stereocenters. The maximum absolute atomic E-state index is 14.2. The number of benzene rings is 1. The zero-order valence-corrected chi connectivity index (χ0v) is 23.0. The first-order chi connectivity index (χ1) is 17.4. The van der Waals surface area contributed by atoms with Crippen LogP contribution < -0.4 is 15.5 Å². The summed E-state index contributed by atoms with van der Waals surface area (Å²) in [7, 11) is -2.81.